The van der Waals surface area contributed by atoms with Crippen molar-refractivity contribution < 1.29 is 5.11 Å². The third-order valence-electron chi connectivity index (χ3n) is 11.1. The molecule has 6 rings (SSSR count). The molecule has 2 saturated heterocycles. The highest BCUT2D eigenvalue weighted by Gasteiger charge is 2.28. The summed E-state index contributed by atoms with van der Waals surface area (Å²) >= 11 is 0. The molecule has 0 bridgehead atoms. The van der Waals surface area contributed by atoms with Crippen LogP contribution in [0.2, 0.25) is 0 Å². The molecule has 2 saturated carbocycles. The van der Waals surface area contributed by atoms with Gasteiger partial charge in [-0.05, 0) is 117 Å². The summed E-state index contributed by atoms with van der Waals surface area (Å²) in [5.41, 5.74) is 16.3. The molecule has 0 aromatic carbocycles. The van der Waals surface area contributed by atoms with Crippen LogP contribution >= 0.6 is 0 Å². The van der Waals surface area contributed by atoms with Crippen molar-refractivity contribution >= 4 is 35.4 Å². The Morgan fingerprint density at radius 1 is 0.833 bits per heavy atom. The van der Waals surface area contributed by atoms with Crippen molar-refractivity contribution in [1.82, 2.24) is 35.1 Å². The largest absolute Gasteiger partial charge is 0.390 e. The van der Waals surface area contributed by atoms with Gasteiger partial charge in [-0.15, -0.1) is 12.8 Å². The topological polar surface area (TPSA) is 179 Å². The molecule has 13 heteroatoms. The molecule has 2 aromatic rings. The van der Waals surface area contributed by atoms with Crippen LogP contribution in [0.25, 0.3) is 0 Å². The van der Waals surface area contributed by atoms with Gasteiger partial charge in [-0.3, -0.25) is 9.98 Å². The Kier molecular flexibility index (Phi) is 23.2. The second-order valence-electron chi connectivity index (χ2n) is 16.6. The van der Waals surface area contributed by atoms with E-state index in [0.717, 1.165) is 108 Å². The summed E-state index contributed by atoms with van der Waals surface area (Å²) in [6.45, 7) is 32.6. The lowest BCUT2D eigenvalue weighted by Crippen LogP contribution is -2.33. The molecule has 4 fully saturated rings. The molecular formula is C47H78N12O. The van der Waals surface area contributed by atoms with Crippen LogP contribution in [0.1, 0.15) is 115 Å². The number of likely N-dealkylation sites (tertiary alicyclic amines) is 2. The minimum absolute atomic E-state index is 0.0604. The van der Waals surface area contributed by atoms with Crippen molar-refractivity contribution in [3.8, 4) is 12.8 Å². The predicted molar refractivity (Wildman–Crippen MR) is 254 cm³/mol. The number of aliphatic hydroxyl groups is 1. The number of nitrogens with two attached hydrogens (primary N) is 2. The molecule has 60 heavy (non-hydrogen) atoms. The highest BCUT2D eigenvalue weighted by molar-refractivity contribution is 5.71. The maximum atomic E-state index is 8.70. The second kappa shape index (κ2) is 27.1. The third-order valence-corrected chi connectivity index (χ3v) is 11.1. The number of hydrogen-bond donors (Lipinski definition) is 5. The molecule has 4 heterocycles. The van der Waals surface area contributed by atoms with Gasteiger partial charge in [-0.2, -0.15) is 0 Å². The first-order valence-electron chi connectivity index (χ1n) is 21.8. The number of aliphatic hydroxyl groups excluding tert-OH is 1. The normalized spacial score (nSPS) is 21.8. The molecule has 13 nitrogen and oxygen atoms in total. The first-order chi connectivity index (χ1) is 28.7. The Hall–Kier alpha value is -4.80. The Morgan fingerprint density at radius 2 is 1.43 bits per heavy atom. The van der Waals surface area contributed by atoms with E-state index in [1.165, 1.54) is 57.2 Å². The summed E-state index contributed by atoms with van der Waals surface area (Å²) in [6.07, 6.45) is 23.8. The fourth-order valence-electron chi connectivity index (χ4n) is 8.09. The molecule has 5 atom stereocenters. The summed E-state index contributed by atoms with van der Waals surface area (Å²) in [4.78, 5) is 31.3. The molecule has 2 aliphatic heterocycles. The van der Waals surface area contributed by atoms with Crippen LogP contribution in [0.5, 0.6) is 0 Å². The maximum Gasteiger partial charge on any atom is 0.156 e. The summed E-state index contributed by atoms with van der Waals surface area (Å²) < 4.78 is 0. The Balaban J connectivity index is 0.000000303. The molecule has 2 aromatic heterocycles. The number of aryl methyl sites for hydroxylation is 3. The quantitative estimate of drug-likeness (QED) is 0.0796. The summed E-state index contributed by atoms with van der Waals surface area (Å²) in [7, 11) is 0. The highest BCUT2D eigenvalue weighted by Crippen LogP contribution is 2.35. The minimum Gasteiger partial charge on any atom is -0.390 e. The van der Waals surface area contributed by atoms with Gasteiger partial charge in [-0.1, -0.05) is 45.6 Å². The van der Waals surface area contributed by atoms with E-state index in [1.54, 1.807) is 12.4 Å². The van der Waals surface area contributed by atoms with Gasteiger partial charge in [0.05, 0.1) is 23.8 Å². The van der Waals surface area contributed by atoms with Crippen LogP contribution < -0.4 is 22.1 Å². The van der Waals surface area contributed by atoms with Gasteiger partial charge in [0.15, 0.2) is 11.6 Å². The standard InChI is InChI=1S/C18H28N6.C14H22N4.C9H17NO.C4H9N.C2H2/c1-5-19-17-13(2)20-14(3)21-18(17)22-16-8-11-24(12-16)15(4)23-9-6-7-10-23;1-4-16-13-12(17-10(3)18-14(13)15)8-11-6-5-9(2)7-11;1-7-3-4-9(5-7)10-8(2)6-11;1-4(2)3-5;1-2/h5,16H,4,6-12H2,1-3H3,(H,20,21,22);4,9,11H,5-8H2,1-3H3,(H2,15,17,18);7,9-11H,2-6H2,1H3;1,3,5H2,2H3;1-2H/t16-;9?,11-;7-,9?;;/m100../s1. The van der Waals surface area contributed by atoms with Crippen LogP contribution in [0, 0.1) is 51.4 Å². The van der Waals surface area contributed by atoms with Gasteiger partial charge in [0.2, 0.25) is 0 Å². The summed E-state index contributed by atoms with van der Waals surface area (Å²) in [5, 5.41) is 15.5. The minimum atomic E-state index is 0.0604. The molecule has 4 aliphatic rings. The van der Waals surface area contributed by atoms with Crippen LogP contribution in [0.3, 0.4) is 0 Å². The van der Waals surface area contributed by atoms with Crippen LogP contribution in [0.15, 0.2) is 46.8 Å². The van der Waals surface area contributed by atoms with Crippen molar-refractivity contribution in [1.29, 1.82) is 0 Å². The lowest BCUT2D eigenvalue weighted by Gasteiger charge is -2.29. The number of aliphatic imine (C=N–C) groups is 2. The molecule has 7 N–H and O–H groups in total. The number of nitrogens with zero attached hydrogens (tertiary/aromatic N) is 8. The van der Waals surface area contributed by atoms with Gasteiger partial charge in [-0.25, -0.2) is 19.9 Å². The zero-order chi connectivity index (χ0) is 44.8. The van der Waals surface area contributed by atoms with Crippen molar-refractivity contribution in [2.45, 2.75) is 132 Å². The monoisotopic (exact) mass is 827 g/mol. The van der Waals surface area contributed by atoms with Crippen LogP contribution in [-0.2, 0) is 6.42 Å². The third kappa shape index (κ3) is 17.4. The second-order valence-corrected chi connectivity index (χ2v) is 16.6. The first kappa shape index (κ1) is 51.3. The van der Waals surface area contributed by atoms with Gasteiger partial charge in [0.25, 0.3) is 0 Å². The van der Waals surface area contributed by atoms with Gasteiger partial charge < -0.3 is 37.0 Å². The first-order valence-corrected chi connectivity index (χ1v) is 21.8. The molecule has 332 valence electrons. The Labute approximate surface area is 362 Å². The number of terminal acetylenes is 1. The van der Waals surface area contributed by atoms with Crippen molar-refractivity contribution in [2.75, 3.05) is 50.4 Å². The highest BCUT2D eigenvalue weighted by atomic mass is 16.3. The summed E-state index contributed by atoms with van der Waals surface area (Å²) in [6, 6.07) is 0.925. The van der Waals surface area contributed by atoms with E-state index in [1.807, 2.05) is 41.5 Å². The van der Waals surface area contributed by atoms with Gasteiger partial charge in [0.1, 0.15) is 23.0 Å². The van der Waals surface area contributed by atoms with E-state index in [-0.39, 0.29) is 6.61 Å². The number of anilines is 2. The van der Waals surface area contributed by atoms with E-state index < -0.39 is 0 Å². The zero-order valence-electron chi connectivity index (χ0n) is 38.3. The average Bonchev–Trinajstić information content (AvgIpc) is 4.06. The fourth-order valence-corrected chi connectivity index (χ4v) is 8.09. The van der Waals surface area contributed by atoms with Crippen molar-refractivity contribution in [3.63, 3.8) is 0 Å². The lowest BCUT2D eigenvalue weighted by molar-refractivity contribution is 0.271. The molecule has 2 aliphatic carbocycles. The van der Waals surface area contributed by atoms with E-state index in [2.05, 4.69) is 96.8 Å². The SMILES string of the molecule is C#C.C=C(C)CN.C=C(CO)NC1CC[C@H](C)C1.C=C(N1CCCC1)N1CC[C@@H](Nc2nc(C)nc(C)c2N=CC)C1.CC=Nc1c(N)nc(C)nc1C[C@H]1CCC(C)C1. The fraction of sp³-hybridized carbons (Fsp3) is 0.617. The smallest absolute Gasteiger partial charge is 0.156 e. The average molecular weight is 827 g/mol. The molecular weight excluding hydrogens is 749 g/mol. The zero-order valence-corrected chi connectivity index (χ0v) is 38.3. The predicted octanol–water partition coefficient (Wildman–Crippen LogP) is 7.98. The van der Waals surface area contributed by atoms with Crippen LogP contribution in [0.4, 0.5) is 23.0 Å². The van der Waals surface area contributed by atoms with E-state index in [0.29, 0.717) is 24.4 Å². The van der Waals surface area contributed by atoms with Gasteiger partial charge >= 0.3 is 0 Å². The molecule has 0 spiro atoms. The number of aromatic nitrogens is 4. The Morgan fingerprint density at radius 3 is 1.98 bits per heavy atom. The van der Waals surface area contributed by atoms with E-state index >= 15 is 0 Å². The summed E-state index contributed by atoms with van der Waals surface area (Å²) in [5.74, 6) is 6.44. The van der Waals surface area contributed by atoms with Gasteiger partial charge in [0, 0.05) is 62.9 Å². The molecule has 0 radical (unpaired) electrons. The maximum absolute atomic E-state index is 8.70. The lowest BCUT2D eigenvalue weighted by atomic mass is 9.99. The number of nitrogen functional groups attached to an aromatic ring is 1. The van der Waals surface area contributed by atoms with Crippen LogP contribution in [-0.4, -0.2) is 98.7 Å². The van der Waals surface area contributed by atoms with E-state index in [4.69, 9.17) is 16.6 Å². The number of rotatable bonds is 12. The number of hydrogen-bond acceptors (Lipinski definition) is 13. The van der Waals surface area contributed by atoms with Crippen molar-refractivity contribution in [3.05, 3.63) is 59.9 Å². The molecule has 0 amide bonds. The van der Waals surface area contributed by atoms with E-state index in [9.17, 15) is 0 Å². The molecule has 2 unspecified atom stereocenters. The Bertz CT molecular complexity index is 1730. The number of nitrogens with one attached hydrogen (secondary N) is 2. The van der Waals surface area contributed by atoms with Crippen molar-refractivity contribution in [2.24, 2.45) is 33.5 Å².